The highest BCUT2D eigenvalue weighted by Crippen LogP contribution is 2.40. The average molecular weight is 532 g/mol. The van der Waals surface area contributed by atoms with E-state index in [2.05, 4.69) is 16.6 Å². The Labute approximate surface area is 233 Å². The molecule has 7 heteroatoms. The highest BCUT2D eigenvalue weighted by atomic mass is 16.5. The van der Waals surface area contributed by atoms with Crippen LogP contribution < -0.4 is 14.9 Å². The molecule has 200 valence electrons. The molecule has 0 unspecified atom stereocenters. The molecule has 0 aliphatic heterocycles. The van der Waals surface area contributed by atoms with E-state index in [4.69, 9.17) is 9.47 Å². The minimum Gasteiger partial charge on any atom is -0.504 e. The first-order valence-electron chi connectivity index (χ1n) is 12.7. The zero-order valence-electron chi connectivity index (χ0n) is 22.2. The second kappa shape index (κ2) is 12.0. The van der Waals surface area contributed by atoms with Gasteiger partial charge in [0, 0.05) is 16.8 Å². The van der Waals surface area contributed by atoms with Gasteiger partial charge >= 0.3 is 0 Å². The van der Waals surface area contributed by atoms with Gasteiger partial charge < -0.3 is 19.1 Å². The molecule has 0 saturated heterocycles. The van der Waals surface area contributed by atoms with E-state index in [0.29, 0.717) is 5.75 Å². The van der Waals surface area contributed by atoms with Gasteiger partial charge in [0.2, 0.25) is 0 Å². The number of nitrogens with zero attached hydrogens (tertiary/aromatic N) is 2. The van der Waals surface area contributed by atoms with Crippen LogP contribution in [0.1, 0.15) is 5.56 Å². The molecule has 1 aromatic heterocycles. The molecule has 4 aromatic carbocycles. The number of phenolic OH excluding ortho intramolecular Hbond substituents is 1. The van der Waals surface area contributed by atoms with Gasteiger partial charge in [-0.05, 0) is 65.2 Å². The first-order valence-corrected chi connectivity index (χ1v) is 12.7. The Morgan fingerprint density at radius 3 is 2.15 bits per heavy atom. The Kier molecular flexibility index (Phi) is 7.92. The fraction of sp³-hybridized carbons (Fsp3) is 0.0909. The Balaban J connectivity index is 1.57. The van der Waals surface area contributed by atoms with Gasteiger partial charge in [0.15, 0.2) is 11.5 Å². The maximum absolute atomic E-state index is 13.3. The van der Waals surface area contributed by atoms with Crippen LogP contribution in [0.4, 0.5) is 0 Å². The van der Waals surface area contributed by atoms with E-state index in [1.54, 1.807) is 25.5 Å². The Morgan fingerprint density at radius 1 is 0.825 bits per heavy atom. The highest BCUT2D eigenvalue weighted by Gasteiger charge is 2.21. The van der Waals surface area contributed by atoms with E-state index in [1.165, 1.54) is 7.11 Å². The number of ether oxygens (including phenoxy) is 2. The minimum absolute atomic E-state index is 0.00946. The summed E-state index contributed by atoms with van der Waals surface area (Å²) in [4.78, 5) is 13.3. The Hall–Kier alpha value is -5.30. The van der Waals surface area contributed by atoms with Gasteiger partial charge in [-0.15, -0.1) is 0 Å². The summed E-state index contributed by atoms with van der Waals surface area (Å²) in [6, 6.07) is 34.6. The molecule has 7 nitrogen and oxygen atoms in total. The summed E-state index contributed by atoms with van der Waals surface area (Å²) in [7, 11) is 3.12. The number of hydrazone groups is 1. The van der Waals surface area contributed by atoms with Crippen LogP contribution in [0.25, 0.3) is 33.6 Å². The van der Waals surface area contributed by atoms with Crippen LogP contribution in [0.15, 0.2) is 114 Å². The fourth-order valence-electron chi connectivity index (χ4n) is 4.58. The second-order valence-corrected chi connectivity index (χ2v) is 9.06. The van der Waals surface area contributed by atoms with E-state index in [0.717, 1.165) is 45.0 Å². The van der Waals surface area contributed by atoms with E-state index in [-0.39, 0.29) is 18.2 Å². The van der Waals surface area contributed by atoms with Gasteiger partial charge in [-0.1, -0.05) is 60.7 Å². The van der Waals surface area contributed by atoms with Gasteiger partial charge in [-0.3, -0.25) is 4.79 Å². The second-order valence-electron chi connectivity index (χ2n) is 9.06. The molecule has 0 fully saturated rings. The summed E-state index contributed by atoms with van der Waals surface area (Å²) in [5.41, 5.74) is 8.93. The number of aromatic nitrogens is 1. The molecule has 0 saturated carbocycles. The Morgan fingerprint density at radius 2 is 1.50 bits per heavy atom. The zero-order chi connectivity index (χ0) is 27.9. The number of rotatable bonds is 9. The molecule has 0 bridgehead atoms. The van der Waals surface area contributed by atoms with Crippen molar-refractivity contribution in [2.45, 2.75) is 6.54 Å². The zero-order valence-corrected chi connectivity index (χ0v) is 22.2. The predicted octanol–water partition coefficient (Wildman–Crippen LogP) is 6.36. The first-order chi connectivity index (χ1) is 19.6. The van der Waals surface area contributed by atoms with Crippen LogP contribution in [0.2, 0.25) is 0 Å². The van der Waals surface area contributed by atoms with Gasteiger partial charge in [0.1, 0.15) is 12.3 Å². The lowest BCUT2D eigenvalue weighted by atomic mass is 10.0. The topological polar surface area (TPSA) is 85.1 Å². The fourth-order valence-corrected chi connectivity index (χ4v) is 4.58. The third-order valence-corrected chi connectivity index (χ3v) is 6.52. The molecule has 5 rings (SSSR count). The highest BCUT2D eigenvalue weighted by molar-refractivity contribution is 5.89. The summed E-state index contributed by atoms with van der Waals surface area (Å²) in [5, 5.41) is 14.4. The summed E-state index contributed by atoms with van der Waals surface area (Å²) in [6.45, 7) is 0.00946. The number of hydrogen-bond donors (Lipinski definition) is 2. The number of benzene rings is 4. The van der Waals surface area contributed by atoms with E-state index >= 15 is 0 Å². The van der Waals surface area contributed by atoms with Crippen LogP contribution in [0, 0.1) is 0 Å². The van der Waals surface area contributed by atoms with E-state index in [9.17, 15) is 9.90 Å². The van der Waals surface area contributed by atoms with Gasteiger partial charge in [0.25, 0.3) is 5.91 Å². The van der Waals surface area contributed by atoms with Crippen molar-refractivity contribution < 1.29 is 19.4 Å². The van der Waals surface area contributed by atoms with Crippen LogP contribution in [-0.2, 0) is 11.3 Å². The van der Waals surface area contributed by atoms with Crippen molar-refractivity contribution in [1.29, 1.82) is 0 Å². The van der Waals surface area contributed by atoms with Crippen molar-refractivity contribution in [3.05, 3.63) is 115 Å². The standard InChI is InChI=1S/C33H29N3O4/c1-39-27-16-13-23(14-17-27)21-34-35-32(38)22-36-29(26-15-18-30(37)31(19-26)40-2)20-28(24-9-5-3-6-10-24)33(36)25-11-7-4-8-12-25/h3-21,37H,22H2,1-2H3,(H,35,38)/b34-21+. The molecular weight excluding hydrogens is 502 g/mol. The summed E-state index contributed by atoms with van der Waals surface area (Å²) < 4.78 is 12.5. The maximum Gasteiger partial charge on any atom is 0.260 e. The van der Waals surface area contributed by atoms with Crippen molar-refractivity contribution in [3.63, 3.8) is 0 Å². The smallest absolute Gasteiger partial charge is 0.260 e. The molecule has 0 spiro atoms. The molecule has 0 atom stereocenters. The van der Waals surface area contributed by atoms with Gasteiger partial charge in [-0.2, -0.15) is 5.10 Å². The monoisotopic (exact) mass is 531 g/mol. The molecule has 0 aliphatic rings. The van der Waals surface area contributed by atoms with Crippen molar-refractivity contribution in [3.8, 4) is 50.9 Å². The molecule has 0 radical (unpaired) electrons. The lowest BCUT2D eigenvalue weighted by molar-refractivity contribution is -0.121. The summed E-state index contributed by atoms with van der Waals surface area (Å²) in [6.07, 6.45) is 1.59. The number of nitrogens with one attached hydrogen (secondary N) is 1. The van der Waals surface area contributed by atoms with E-state index in [1.807, 2.05) is 95.6 Å². The van der Waals surface area contributed by atoms with E-state index < -0.39 is 0 Å². The molecule has 0 aliphatic carbocycles. The third-order valence-electron chi connectivity index (χ3n) is 6.52. The summed E-state index contributed by atoms with van der Waals surface area (Å²) in [5.74, 6) is 0.849. The quantitative estimate of drug-likeness (QED) is 0.171. The molecule has 2 N–H and O–H groups in total. The number of carbonyl (C=O) groups excluding carboxylic acids is 1. The lowest BCUT2D eigenvalue weighted by Gasteiger charge is -2.15. The maximum atomic E-state index is 13.3. The van der Waals surface area contributed by atoms with Crippen LogP contribution >= 0.6 is 0 Å². The molecule has 40 heavy (non-hydrogen) atoms. The van der Waals surface area contributed by atoms with Crippen LogP contribution in [0.3, 0.4) is 0 Å². The van der Waals surface area contributed by atoms with Crippen molar-refractivity contribution >= 4 is 12.1 Å². The first kappa shape index (κ1) is 26.3. The number of carbonyl (C=O) groups is 1. The van der Waals surface area contributed by atoms with Crippen LogP contribution in [0.5, 0.6) is 17.2 Å². The Bertz CT molecular complexity index is 1630. The van der Waals surface area contributed by atoms with Gasteiger partial charge in [-0.25, -0.2) is 5.43 Å². The average Bonchev–Trinajstić information content (AvgIpc) is 3.37. The minimum atomic E-state index is -0.288. The number of methoxy groups -OCH3 is 2. The SMILES string of the molecule is COc1ccc(/C=N/NC(=O)Cn2c(-c3ccc(O)c(OC)c3)cc(-c3ccccc3)c2-c2ccccc2)cc1. The number of aromatic hydroxyl groups is 1. The largest absolute Gasteiger partial charge is 0.504 e. The number of amides is 1. The van der Waals surface area contributed by atoms with Crippen molar-refractivity contribution in [1.82, 2.24) is 9.99 Å². The molecule has 1 heterocycles. The van der Waals surface area contributed by atoms with Crippen molar-refractivity contribution in [2.75, 3.05) is 14.2 Å². The molecular formula is C33H29N3O4. The van der Waals surface area contributed by atoms with Gasteiger partial charge in [0.05, 0.1) is 26.1 Å². The molecule has 1 amide bonds. The predicted molar refractivity (Wildman–Crippen MR) is 158 cm³/mol. The normalized spacial score (nSPS) is 10.9. The lowest BCUT2D eigenvalue weighted by Crippen LogP contribution is -2.24. The van der Waals surface area contributed by atoms with Crippen LogP contribution in [-0.4, -0.2) is 36.0 Å². The number of phenols is 1. The summed E-state index contributed by atoms with van der Waals surface area (Å²) >= 11 is 0. The number of hydrogen-bond acceptors (Lipinski definition) is 5. The molecule has 5 aromatic rings. The third kappa shape index (κ3) is 5.73. The van der Waals surface area contributed by atoms with Crippen molar-refractivity contribution in [2.24, 2.45) is 5.10 Å².